The van der Waals surface area contributed by atoms with Crippen molar-refractivity contribution in [1.29, 1.82) is 0 Å². The monoisotopic (exact) mass is 228 g/mol. The highest BCUT2D eigenvalue weighted by molar-refractivity contribution is 5.80. The molecule has 0 aliphatic heterocycles. The van der Waals surface area contributed by atoms with E-state index in [1.165, 1.54) is 0 Å². The van der Waals surface area contributed by atoms with Gasteiger partial charge in [-0.05, 0) is 25.7 Å². The Balaban J connectivity index is 3.96. The fourth-order valence-corrected chi connectivity index (χ4v) is 1.87. The maximum absolute atomic E-state index is 11.5. The Morgan fingerprint density at radius 1 is 1.06 bits per heavy atom. The van der Waals surface area contributed by atoms with Gasteiger partial charge in [0.2, 0.25) is 0 Å². The second-order valence-electron chi connectivity index (χ2n) is 6.35. The highest BCUT2D eigenvalue weighted by Gasteiger charge is 2.19. The van der Waals surface area contributed by atoms with Gasteiger partial charge >= 0.3 is 0 Å². The van der Waals surface area contributed by atoms with Gasteiger partial charge in [-0.2, -0.15) is 0 Å². The van der Waals surface area contributed by atoms with Crippen LogP contribution in [0.3, 0.4) is 0 Å². The van der Waals surface area contributed by atoms with Gasteiger partial charge in [0.15, 0.2) is 0 Å². The molecule has 0 saturated carbocycles. The Labute approximate surface area is 101 Å². The van der Waals surface area contributed by atoms with Gasteiger partial charge in [-0.3, -0.25) is 4.79 Å². The number of carbonyl (C=O) groups excluding carboxylic acids is 1. The minimum atomic E-state index is 0.0345. The molecule has 0 radical (unpaired) electrons. The predicted octanol–water partition coefficient (Wildman–Crippen LogP) is 3.83. The zero-order valence-corrected chi connectivity index (χ0v) is 12.0. The van der Waals surface area contributed by atoms with Crippen molar-refractivity contribution in [2.24, 2.45) is 11.3 Å². The average Bonchev–Trinajstić information content (AvgIpc) is 1.98. The lowest BCUT2D eigenvalue weighted by atomic mass is 9.89. The fraction of sp³-hybridized carbons (Fsp3) is 0.929. The zero-order valence-electron chi connectivity index (χ0n) is 12.0. The summed E-state index contributed by atoms with van der Waals surface area (Å²) >= 11 is 0. The van der Waals surface area contributed by atoms with Crippen LogP contribution in [0.15, 0.2) is 0 Å². The number of ether oxygens (including phenoxy) is 1. The molecular formula is C14H28O2. The summed E-state index contributed by atoms with van der Waals surface area (Å²) in [6, 6.07) is 0. The highest BCUT2D eigenvalue weighted by Crippen LogP contribution is 2.23. The molecule has 0 aromatic heterocycles. The van der Waals surface area contributed by atoms with Gasteiger partial charge in [-0.1, -0.05) is 34.6 Å². The molecule has 2 nitrogen and oxygen atoms in total. The second kappa shape index (κ2) is 6.39. The number of Topliss-reactive ketones (excluding diaryl/α,β-unsaturated/α-hetero) is 1. The molecular weight excluding hydrogens is 200 g/mol. The molecule has 0 N–H and O–H groups in total. The summed E-state index contributed by atoms with van der Waals surface area (Å²) in [5.41, 5.74) is 0.279. The number of hydrogen-bond donors (Lipinski definition) is 0. The summed E-state index contributed by atoms with van der Waals surface area (Å²) in [4.78, 5) is 11.5. The summed E-state index contributed by atoms with van der Waals surface area (Å²) in [6.07, 6.45) is 1.81. The predicted molar refractivity (Wildman–Crippen MR) is 68.5 cm³/mol. The first kappa shape index (κ1) is 15.6. The summed E-state index contributed by atoms with van der Waals surface area (Å²) in [6.45, 7) is 14.6. The molecule has 0 aliphatic carbocycles. The lowest BCUT2D eigenvalue weighted by Crippen LogP contribution is -2.25. The SMILES string of the molecule is CC(CC(=O)C(C)C)OC(C)CC(C)(C)C. The first-order valence-electron chi connectivity index (χ1n) is 6.30. The van der Waals surface area contributed by atoms with Gasteiger partial charge in [0.05, 0.1) is 12.2 Å². The van der Waals surface area contributed by atoms with E-state index >= 15 is 0 Å². The van der Waals surface area contributed by atoms with Crippen LogP contribution < -0.4 is 0 Å². The summed E-state index contributed by atoms with van der Waals surface area (Å²) < 4.78 is 5.83. The second-order valence-corrected chi connectivity index (χ2v) is 6.35. The Kier molecular flexibility index (Phi) is 6.24. The molecule has 0 rings (SSSR count). The van der Waals surface area contributed by atoms with Crippen molar-refractivity contribution in [2.75, 3.05) is 0 Å². The summed E-state index contributed by atoms with van der Waals surface area (Å²) in [5, 5.41) is 0. The number of hydrogen-bond acceptors (Lipinski definition) is 2. The molecule has 0 amide bonds. The van der Waals surface area contributed by atoms with Gasteiger partial charge in [0.25, 0.3) is 0 Å². The van der Waals surface area contributed by atoms with Gasteiger partial charge in [-0.15, -0.1) is 0 Å². The minimum absolute atomic E-state index is 0.0345. The van der Waals surface area contributed by atoms with Crippen LogP contribution in [0.2, 0.25) is 0 Å². The third-order valence-corrected chi connectivity index (χ3v) is 2.50. The molecule has 0 fully saturated rings. The Morgan fingerprint density at radius 2 is 1.56 bits per heavy atom. The summed E-state index contributed by atoms with van der Waals surface area (Å²) in [5.74, 6) is 0.402. The molecule has 0 aliphatic rings. The smallest absolute Gasteiger partial charge is 0.137 e. The molecule has 0 aromatic rings. The van der Waals surface area contributed by atoms with Gasteiger partial charge in [-0.25, -0.2) is 0 Å². The Bertz CT molecular complexity index is 213. The molecule has 16 heavy (non-hydrogen) atoms. The van der Waals surface area contributed by atoms with Crippen LogP contribution in [0.25, 0.3) is 0 Å². The van der Waals surface area contributed by atoms with Crippen molar-refractivity contribution in [3.05, 3.63) is 0 Å². The Hall–Kier alpha value is -0.370. The van der Waals surface area contributed by atoms with Crippen molar-refractivity contribution in [1.82, 2.24) is 0 Å². The molecule has 96 valence electrons. The van der Waals surface area contributed by atoms with E-state index < -0.39 is 0 Å². The van der Waals surface area contributed by atoms with Crippen LogP contribution in [0.5, 0.6) is 0 Å². The largest absolute Gasteiger partial charge is 0.375 e. The maximum Gasteiger partial charge on any atom is 0.137 e. The van der Waals surface area contributed by atoms with Crippen molar-refractivity contribution in [3.63, 3.8) is 0 Å². The number of carbonyl (C=O) groups is 1. The molecule has 0 heterocycles. The van der Waals surface area contributed by atoms with Crippen LogP contribution in [-0.2, 0) is 9.53 Å². The van der Waals surface area contributed by atoms with Crippen molar-refractivity contribution < 1.29 is 9.53 Å². The third kappa shape index (κ3) is 7.86. The molecule has 0 aromatic carbocycles. The molecule has 0 bridgehead atoms. The van der Waals surface area contributed by atoms with E-state index in [0.717, 1.165) is 6.42 Å². The zero-order chi connectivity index (χ0) is 12.9. The lowest BCUT2D eigenvalue weighted by molar-refractivity contribution is -0.125. The van der Waals surface area contributed by atoms with E-state index in [9.17, 15) is 4.79 Å². The van der Waals surface area contributed by atoms with E-state index in [2.05, 4.69) is 27.7 Å². The number of ketones is 1. The Morgan fingerprint density at radius 3 is 1.94 bits per heavy atom. The first-order valence-corrected chi connectivity index (χ1v) is 6.30. The van der Waals surface area contributed by atoms with Crippen LogP contribution in [-0.4, -0.2) is 18.0 Å². The van der Waals surface area contributed by atoms with Crippen LogP contribution in [0.1, 0.15) is 61.3 Å². The molecule has 2 atom stereocenters. The van der Waals surface area contributed by atoms with Crippen LogP contribution in [0.4, 0.5) is 0 Å². The average molecular weight is 228 g/mol. The van der Waals surface area contributed by atoms with E-state index in [1.807, 2.05) is 20.8 Å². The maximum atomic E-state index is 11.5. The van der Waals surface area contributed by atoms with Gasteiger partial charge < -0.3 is 4.74 Å². The van der Waals surface area contributed by atoms with E-state index in [4.69, 9.17) is 4.74 Å². The minimum Gasteiger partial charge on any atom is -0.375 e. The molecule has 2 unspecified atom stereocenters. The number of rotatable bonds is 6. The first-order chi connectivity index (χ1) is 7.11. The van der Waals surface area contributed by atoms with Gasteiger partial charge in [0.1, 0.15) is 5.78 Å². The van der Waals surface area contributed by atoms with Crippen molar-refractivity contribution in [3.8, 4) is 0 Å². The molecule has 2 heteroatoms. The van der Waals surface area contributed by atoms with Gasteiger partial charge in [0, 0.05) is 12.3 Å². The molecule has 0 saturated heterocycles. The quantitative estimate of drug-likeness (QED) is 0.690. The van der Waals surface area contributed by atoms with Crippen molar-refractivity contribution >= 4 is 5.78 Å². The van der Waals surface area contributed by atoms with E-state index in [0.29, 0.717) is 6.42 Å². The van der Waals surface area contributed by atoms with E-state index in [-0.39, 0.29) is 29.3 Å². The van der Waals surface area contributed by atoms with Crippen LogP contribution in [0, 0.1) is 11.3 Å². The van der Waals surface area contributed by atoms with Crippen molar-refractivity contribution in [2.45, 2.75) is 73.5 Å². The van der Waals surface area contributed by atoms with Crippen LogP contribution >= 0.6 is 0 Å². The highest BCUT2D eigenvalue weighted by atomic mass is 16.5. The topological polar surface area (TPSA) is 26.3 Å². The third-order valence-electron chi connectivity index (χ3n) is 2.50. The van der Waals surface area contributed by atoms with E-state index in [1.54, 1.807) is 0 Å². The normalized spacial score (nSPS) is 16.2. The lowest BCUT2D eigenvalue weighted by Gasteiger charge is -2.26. The summed E-state index contributed by atoms with van der Waals surface area (Å²) in [7, 11) is 0. The molecule has 0 spiro atoms. The fourth-order valence-electron chi connectivity index (χ4n) is 1.87. The standard InChI is InChI=1S/C14H28O2/c1-10(2)13(15)8-11(3)16-12(4)9-14(5,6)7/h10-12H,8-9H2,1-7H3.